The molecule has 34 heavy (non-hydrogen) atoms. The predicted molar refractivity (Wildman–Crippen MR) is 140 cm³/mol. The summed E-state index contributed by atoms with van der Waals surface area (Å²) in [5.41, 5.74) is 3.80. The molecule has 4 aromatic rings. The molecule has 0 unspecified atom stereocenters. The van der Waals surface area contributed by atoms with Crippen molar-refractivity contribution in [2.24, 2.45) is 0 Å². The van der Waals surface area contributed by atoms with Gasteiger partial charge in [0, 0.05) is 30.8 Å². The number of thiophene rings is 1. The molecule has 4 heterocycles. The minimum absolute atomic E-state index is 0.130. The largest absolute Gasteiger partial charge is 0.370 e. The molecule has 0 aliphatic carbocycles. The van der Waals surface area contributed by atoms with Gasteiger partial charge in [0.1, 0.15) is 5.82 Å². The monoisotopic (exact) mass is 476 g/mol. The minimum Gasteiger partial charge on any atom is -0.370 e. The van der Waals surface area contributed by atoms with Gasteiger partial charge in [-0.25, -0.2) is 14.5 Å². The van der Waals surface area contributed by atoms with E-state index in [9.17, 15) is 4.79 Å². The molecule has 0 spiro atoms. The van der Waals surface area contributed by atoms with Gasteiger partial charge in [-0.05, 0) is 63.0 Å². The molecule has 0 bridgehead atoms. The lowest BCUT2D eigenvalue weighted by atomic mass is 10.0. The molecule has 1 atom stereocenters. The number of anilines is 1. The third-order valence-electron chi connectivity index (χ3n) is 6.15. The van der Waals surface area contributed by atoms with E-state index in [0.717, 1.165) is 47.8 Å². The first-order valence-corrected chi connectivity index (χ1v) is 12.8. The number of nitrogens with one attached hydrogen (secondary N) is 1. The second kappa shape index (κ2) is 10.9. The second-order valence-corrected chi connectivity index (χ2v) is 9.25. The molecular formula is C26H32N6OS. The average Bonchev–Trinajstić information content (AvgIpc) is 3.53. The van der Waals surface area contributed by atoms with Gasteiger partial charge in [0.2, 0.25) is 0 Å². The second-order valence-electron chi connectivity index (χ2n) is 8.31. The number of rotatable bonds is 11. The first-order chi connectivity index (χ1) is 16.5. The van der Waals surface area contributed by atoms with Gasteiger partial charge in [-0.2, -0.15) is 5.10 Å². The summed E-state index contributed by atoms with van der Waals surface area (Å²) in [5, 5.41) is 9.78. The van der Waals surface area contributed by atoms with Crippen LogP contribution in [0.25, 0.3) is 27.5 Å². The van der Waals surface area contributed by atoms with E-state index in [1.807, 2.05) is 42.8 Å². The van der Waals surface area contributed by atoms with Crippen LogP contribution in [0, 0.1) is 0 Å². The molecule has 7 nitrogen and oxygen atoms in total. The van der Waals surface area contributed by atoms with Crippen LogP contribution in [0.15, 0.2) is 48.1 Å². The summed E-state index contributed by atoms with van der Waals surface area (Å²) in [6.45, 7) is 11.2. The highest BCUT2D eigenvalue weighted by atomic mass is 32.1. The van der Waals surface area contributed by atoms with Crippen molar-refractivity contribution in [2.75, 3.05) is 25.0 Å². The third kappa shape index (κ3) is 5.18. The van der Waals surface area contributed by atoms with E-state index in [-0.39, 0.29) is 5.78 Å². The van der Waals surface area contributed by atoms with Crippen molar-refractivity contribution in [3.05, 3.63) is 53.7 Å². The molecule has 0 saturated carbocycles. The Bertz CT molecular complexity index is 1250. The van der Waals surface area contributed by atoms with Crippen molar-refractivity contribution in [1.82, 2.24) is 24.5 Å². The Labute approximate surface area is 204 Å². The molecule has 1 N–H and O–H groups in total. The summed E-state index contributed by atoms with van der Waals surface area (Å²) >= 11 is 1.65. The van der Waals surface area contributed by atoms with E-state index in [0.29, 0.717) is 29.5 Å². The normalized spacial score (nSPS) is 12.4. The van der Waals surface area contributed by atoms with E-state index in [1.165, 1.54) is 0 Å². The average molecular weight is 477 g/mol. The maximum absolute atomic E-state index is 13.2. The zero-order valence-corrected chi connectivity index (χ0v) is 21.1. The van der Waals surface area contributed by atoms with E-state index in [1.54, 1.807) is 22.0 Å². The Morgan fingerprint density at radius 2 is 1.97 bits per heavy atom. The lowest BCUT2D eigenvalue weighted by Gasteiger charge is -2.26. The maximum Gasteiger partial charge on any atom is 0.165 e. The number of Topliss-reactive ketones (excluding diaryl/α,β-unsaturated/α-hetero) is 1. The zero-order chi connectivity index (χ0) is 24.1. The summed E-state index contributed by atoms with van der Waals surface area (Å²) in [4.78, 5) is 26.3. The van der Waals surface area contributed by atoms with Crippen LogP contribution in [0.3, 0.4) is 0 Å². The van der Waals surface area contributed by atoms with Crippen molar-refractivity contribution in [2.45, 2.75) is 46.6 Å². The van der Waals surface area contributed by atoms with Crippen molar-refractivity contribution in [1.29, 1.82) is 0 Å². The van der Waals surface area contributed by atoms with Gasteiger partial charge in [-0.1, -0.05) is 19.9 Å². The number of hydrogen-bond donors (Lipinski definition) is 1. The lowest BCUT2D eigenvalue weighted by molar-refractivity contribution is 0.0964. The first-order valence-electron chi connectivity index (χ1n) is 12.0. The Morgan fingerprint density at radius 3 is 2.68 bits per heavy atom. The highest BCUT2D eigenvalue weighted by Gasteiger charge is 2.18. The fourth-order valence-electron chi connectivity index (χ4n) is 4.23. The molecular weight excluding hydrogens is 444 g/mol. The Kier molecular flexibility index (Phi) is 7.70. The smallest absolute Gasteiger partial charge is 0.165 e. The van der Waals surface area contributed by atoms with Gasteiger partial charge in [0.15, 0.2) is 11.4 Å². The van der Waals surface area contributed by atoms with Crippen molar-refractivity contribution in [3.63, 3.8) is 0 Å². The molecule has 0 radical (unpaired) electrons. The van der Waals surface area contributed by atoms with Crippen LogP contribution in [0.2, 0.25) is 0 Å². The van der Waals surface area contributed by atoms with Crippen molar-refractivity contribution < 1.29 is 4.79 Å². The molecule has 0 aromatic carbocycles. The molecule has 8 heteroatoms. The summed E-state index contributed by atoms with van der Waals surface area (Å²) in [7, 11) is 0. The van der Waals surface area contributed by atoms with Crippen LogP contribution < -0.4 is 5.32 Å². The SMILES string of the molecule is CCNc1cc(C(=O)CC[C@H](C)N(CC)CC)cc(-c2cnn3ccc(-c4cccs4)nc23)n1. The van der Waals surface area contributed by atoms with E-state index < -0.39 is 0 Å². The topological polar surface area (TPSA) is 75.4 Å². The van der Waals surface area contributed by atoms with E-state index >= 15 is 0 Å². The first kappa shape index (κ1) is 24.0. The molecule has 0 amide bonds. The lowest BCUT2D eigenvalue weighted by Crippen LogP contribution is -2.33. The van der Waals surface area contributed by atoms with Gasteiger partial charge < -0.3 is 10.2 Å². The van der Waals surface area contributed by atoms with Gasteiger partial charge >= 0.3 is 0 Å². The Balaban J connectivity index is 1.67. The fraction of sp³-hybridized carbons (Fsp3) is 0.385. The molecule has 0 fully saturated rings. The van der Waals surface area contributed by atoms with Gasteiger partial charge in [-0.3, -0.25) is 4.79 Å². The highest BCUT2D eigenvalue weighted by Crippen LogP contribution is 2.28. The van der Waals surface area contributed by atoms with Gasteiger partial charge in [-0.15, -0.1) is 11.3 Å². The summed E-state index contributed by atoms with van der Waals surface area (Å²) in [6, 6.07) is 10.1. The van der Waals surface area contributed by atoms with Gasteiger partial charge in [0.25, 0.3) is 0 Å². The van der Waals surface area contributed by atoms with Gasteiger partial charge in [0.05, 0.1) is 28.0 Å². The van der Waals surface area contributed by atoms with Crippen molar-refractivity contribution >= 4 is 28.6 Å². The number of nitrogens with zero attached hydrogens (tertiary/aromatic N) is 5. The molecule has 0 aliphatic heterocycles. The highest BCUT2D eigenvalue weighted by molar-refractivity contribution is 7.13. The van der Waals surface area contributed by atoms with E-state index in [4.69, 9.17) is 9.97 Å². The number of ketones is 1. The summed E-state index contributed by atoms with van der Waals surface area (Å²) in [6.07, 6.45) is 5.02. The molecule has 4 rings (SSSR count). The number of fused-ring (bicyclic) bond motifs is 1. The molecule has 178 valence electrons. The van der Waals surface area contributed by atoms with Crippen LogP contribution >= 0.6 is 11.3 Å². The third-order valence-corrected chi connectivity index (χ3v) is 7.04. The van der Waals surface area contributed by atoms with Crippen LogP contribution in [0.1, 0.15) is 50.9 Å². The van der Waals surface area contributed by atoms with Crippen LogP contribution in [0.5, 0.6) is 0 Å². The number of hydrogen-bond acceptors (Lipinski definition) is 7. The fourth-order valence-corrected chi connectivity index (χ4v) is 4.92. The summed E-state index contributed by atoms with van der Waals surface area (Å²) in [5.74, 6) is 0.819. The van der Waals surface area contributed by atoms with Crippen molar-refractivity contribution in [3.8, 4) is 21.8 Å². The van der Waals surface area contributed by atoms with Crippen LogP contribution in [-0.4, -0.2) is 55.9 Å². The van der Waals surface area contributed by atoms with E-state index in [2.05, 4.69) is 42.2 Å². The number of carbonyl (C=O) groups is 1. The minimum atomic E-state index is 0.130. The number of carbonyl (C=O) groups excluding carboxylic acids is 1. The maximum atomic E-state index is 13.2. The zero-order valence-electron chi connectivity index (χ0n) is 20.3. The number of pyridine rings is 1. The predicted octanol–water partition coefficient (Wildman–Crippen LogP) is 5.64. The van der Waals surface area contributed by atoms with Crippen LogP contribution in [-0.2, 0) is 0 Å². The Morgan fingerprint density at radius 1 is 1.15 bits per heavy atom. The standard InChI is InChI=1S/C26H32N6OS/c1-5-27-25-16-19(23(33)11-10-18(4)31(6-2)7-3)15-22(29-25)20-17-28-32-13-12-21(30-26(20)32)24-9-8-14-34-24/h8-9,12-18H,5-7,10-11H2,1-4H3,(H,27,29)/t18-/m0/s1. The van der Waals surface area contributed by atoms with Crippen LogP contribution in [0.4, 0.5) is 5.82 Å². The molecule has 0 aliphatic rings. The number of aromatic nitrogens is 4. The quantitative estimate of drug-likeness (QED) is 0.282. The molecule has 0 saturated heterocycles. The molecule has 4 aromatic heterocycles. The summed E-state index contributed by atoms with van der Waals surface area (Å²) < 4.78 is 1.75. The Hall–Kier alpha value is -3.10.